The number of hydrogen-bond acceptors (Lipinski definition) is 4. The molecule has 0 aromatic carbocycles. The summed E-state index contributed by atoms with van der Waals surface area (Å²) in [7, 11) is 0. The van der Waals surface area contributed by atoms with Gasteiger partial charge in [-0.15, -0.1) is 0 Å². The molecule has 1 N–H and O–H groups in total. The van der Waals surface area contributed by atoms with E-state index in [2.05, 4.69) is 5.32 Å². The lowest BCUT2D eigenvalue weighted by molar-refractivity contribution is -0.171. The molecule has 2 heterocycles. The van der Waals surface area contributed by atoms with Crippen LogP contribution in [0.3, 0.4) is 0 Å². The fourth-order valence-electron chi connectivity index (χ4n) is 3.12. The van der Waals surface area contributed by atoms with Crippen molar-refractivity contribution in [1.82, 2.24) is 10.2 Å². The molecule has 2 saturated heterocycles. The highest BCUT2D eigenvalue weighted by Crippen LogP contribution is 2.34. The lowest BCUT2D eigenvalue weighted by Gasteiger charge is -2.37. The van der Waals surface area contributed by atoms with Crippen molar-refractivity contribution in [2.45, 2.75) is 58.5 Å². The molecule has 5 nitrogen and oxygen atoms in total. The minimum atomic E-state index is -0.689. The van der Waals surface area contributed by atoms with Gasteiger partial charge in [0.05, 0.1) is 5.41 Å². The van der Waals surface area contributed by atoms with Gasteiger partial charge in [-0.2, -0.15) is 0 Å². The molecule has 1 atom stereocenters. The van der Waals surface area contributed by atoms with E-state index in [1.807, 2.05) is 25.7 Å². The van der Waals surface area contributed by atoms with Gasteiger partial charge in [-0.25, -0.2) is 0 Å². The molecule has 0 bridgehead atoms. The van der Waals surface area contributed by atoms with Crippen LogP contribution in [0.5, 0.6) is 0 Å². The van der Waals surface area contributed by atoms with Crippen molar-refractivity contribution in [1.29, 1.82) is 0 Å². The zero-order chi connectivity index (χ0) is 15.5. The molecule has 5 heteroatoms. The molecular formula is C16H28N2O3. The summed E-state index contributed by atoms with van der Waals surface area (Å²) < 4.78 is 5.59. The average molecular weight is 296 g/mol. The van der Waals surface area contributed by atoms with Crippen LogP contribution < -0.4 is 5.32 Å². The van der Waals surface area contributed by atoms with Gasteiger partial charge in [-0.3, -0.25) is 9.59 Å². The summed E-state index contributed by atoms with van der Waals surface area (Å²) in [6.45, 7) is 8.72. The molecule has 0 spiro atoms. The number of amides is 1. The van der Waals surface area contributed by atoms with Crippen molar-refractivity contribution in [3.63, 3.8) is 0 Å². The molecule has 2 aliphatic rings. The number of hydrogen-bond donors (Lipinski definition) is 1. The fourth-order valence-corrected chi connectivity index (χ4v) is 3.12. The third-order valence-electron chi connectivity index (χ3n) is 4.25. The quantitative estimate of drug-likeness (QED) is 0.806. The Labute approximate surface area is 127 Å². The summed E-state index contributed by atoms with van der Waals surface area (Å²) in [5, 5.41) is 3.27. The van der Waals surface area contributed by atoms with Crippen LogP contribution in [0.1, 0.15) is 52.9 Å². The Balaban J connectivity index is 2.08. The van der Waals surface area contributed by atoms with E-state index in [0.717, 1.165) is 45.3 Å². The van der Waals surface area contributed by atoms with Crippen molar-refractivity contribution >= 4 is 11.9 Å². The van der Waals surface area contributed by atoms with Gasteiger partial charge in [0.25, 0.3) is 0 Å². The summed E-state index contributed by atoms with van der Waals surface area (Å²) in [4.78, 5) is 27.0. The second-order valence-electron chi connectivity index (χ2n) is 7.33. The van der Waals surface area contributed by atoms with Gasteiger partial charge in [0.1, 0.15) is 5.60 Å². The average Bonchev–Trinajstić information content (AvgIpc) is 2.91. The van der Waals surface area contributed by atoms with E-state index in [4.69, 9.17) is 4.74 Å². The van der Waals surface area contributed by atoms with Crippen LogP contribution >= 0.6 is 0 Å². The van der Waals surface area contributed by atoms with Crippen LogP contribution in [0.15, 0.2) is 0 Å². The zero-order valence-electron chi connectivity index (χ0n) is 13.5. The first-order valence-corrected chi connectivity index (χ1v) is 8.04. The predicted molar refractivity (Wildman–Crippen MR) is 80.8 cm³/mol. The van der Waals surface area contributed by atoms with Gasteiger partial charge in [0.15, 0.2) is 0 Å². The van der Waals surface area contributed by atoms with E-state index < -0.39 is 11.0 Å². The van der Waals surface area contributed by atoms with Crippen LogP contribution in [-0.2, 0) is 14.3 Å². The molecule has 120 valence electrons. The van der Waals surface area contributed by atoms with E-state index in [0.29, 0.717) is 6.54 Å². The van der Waals surface area contributed by atoms with Crippen molar-refractivity contribution in [3.8, 4) is 0 Å². The summed E-state index contributed by atoms with van der Waals surface area (Å²) in [6.07, 6.45) is 4.06. The first-order valence-electron chi connectivity index (χ1n) is 8.04. The first-order chi connectivity index (χ1) is 9.82. The number of nitrogens with one attached hydrogen (secondary N) is 1. The van der Waals surface area contributed by atoms with E-state index in [9.17, 15) is 9.59 Å². The number of carbonyl (C=O) groups excluding carboxylic acids is 2. The van der Waals surface area contributed by atoms with Crippen LogP contribution in [0.4, 0.5) is 0 Å². The maximum Gasteiger partial charge on any atom is 0.314 e. The Hall–Kier alpha value is -1.10. The summed E-state index contributed by atoms with van der Waals surface area (Å²) in [6, 6.07) is 0. The molecule has 0 aliphatic carbocycles. The number of nitrogens with zero attached hydrogens (tertiary/aromatic N) is 1. The van der Waals surface area contributed by atoms with E-state index >= 15 is 0 Å². The van der Waals surface area contributed by atoms with Crippen LogP contribution in [0.2, 0.25) is 0 Å². The molecular weight excluding hydrogens is 268 g/mol. The van der Waals surface area contributed by atoms with Gasteiger partial charge in [0, 0.05) is 26.1 Å². The third kappa shape index (κ3) is 4.19. The molecule has 2 aliphatic heterocycles. The SMILES string of the molecule is CC(C)(C)OC(=O)[C@]1(CC(=O)N2CCCC2)CCCNC1. The highest BCUT2D eigenvalue weighted by Gasteiger charge is 2.45. The number of piperidine rings is 1. The Kier molecular flexibility index (Phi) is 4.91. The van der Waals surface area contributed by atoms with E-state index in [-0.39, 0.29) is 18.3 Å². The van der Waals surface area contributed by atoms with Gasteiger partial charge >= 0.3 is 5.97 Å². The maximum absolute atomic E-state index is 12.7. The van der Waals surface area contributed by atoms with Gasteiger partial charge in [0.2, 0.25) is 5.91 Å². The Morgan fingerprint density at radius 1 is 1.19 bits per heavy atom. The lowest BCUT2D eigenvalue weighted by Crippen LogP contribution is -2.50. The summed E-state index contributed by atoms with van der Waals surface area (Å²) in [5.74, 6) is -0.128. The molecule has 1 amide bonds. The Morgan fingerprint density at radius 3 is 2.38 bits per heavy atom. The number of rotatable bonds is 3. The van der Waals surface area contributed by atoms with Crippen LogP contribution in [0, 0.1) is 5.41 Å². The predicted octanol–water partition coefficient (Wildman–Crippen LogP) is 1.71. The molecule has 2 rings (SSSR count). The first kappa shape index (κ1) is 16.3. The zero-order valence-corrected chi connectivity index (χ0v) is 13.5. The van der Waals surface area contributed by atoms with Gasteiger partial charge < -0.3 is 15.0 Å². The third-order valence-corrected chi connectivity index (χ3v) is 4.25. The van der Waals surface area contributed by atoms with Crippen LogP contribution in [-0.4, -0.2) is 48.6 Å². The molecule has 0 aromatic rings. The topological polar surface area (TPSA) is 58.6 Å². The normalized spacial score (nSPS) is 26.7. The van der Waals surface area contributed by atoms with Crippen molar-refractivity contribution in [2.75, 3.05) is 26.2 Å². The van der Waals surface area contributed by atoms with Gasteiger partial charge in [-0.1, -0.05) is 0 Å². The largest absolute Gasteiger partial charge is 0.459 e. The van der Waals surface area contributed by atoms with E-state index in [1.54, 1.807) is 0 Å². The Morgan fingerprint density at radius 2 is 1.86 bits per heavy atom. The molecule has 0 aromatic heterocycles. The number of carbonyl (C=O) groups is 2. The highest BCUT2D eigenvalue weighted by atomic mass is 16.6. The molecule has 2 fully saturated rings. The van der Waals surface area contributed by atoms with Crippen molar-refractivity contribution in [2.24, 2.45) is 5.41 Å². The smallest absolute Gasteiger partial charge is 0.314 e. The Bertz CT molecular complexity index is 389. The molecule has 0 unspecified atom stereocenters. The highest BCUT2D eigenvalue weighted by molar-refractivity contribution is 5.86. The summed E-state index contributed by atoms with van der Waals surface area (Å²) in [5.41, 5.74) is -1.20. The standard InChI is InChI=1S/C16H28N2O3/c1-15(2,3)21-14(20)16(7-6-8-17-12-16)11-13(19)18-9-4-5-10-18/h17H,4-12H2,1-3H3/t16-/m0/s1. The molecule has 0 saturated carbocycles. The van der Waals surface area contributed by atoms with Gasteiger partial charge in [-0.05, 0) is 53.0 Å². The number of likely N-dealkylation sites (tertiary alicyclic amines) is 1. The maximum atomic E-state index is 12.7. The summed E-state index contributed by atoms with van der Waals surface area (Å²) >= 11 is 0. The second kappa shape index (κ2) is 6.34. The van der Waals surface area contributed by atoms with Crippen LogP contribution in [0.25, 0.3) is 0 Å². The number of esters is 1. The monoisotopic (exact) mass is 296 g/mol. The fraction of sp³-hybridized carbons (Fsp3) is 0.875. The van der Waals surface area contributed by atoms with E-state index in [1.165, 1.54) is 0 Å². The lowest BCUT2D eigenvalue weighted by atomic mass is 9.77. The van der Waals surface area contributed by atoms with Crippen molar-refractivity contribution in [3.05, 3.63) is 0 Å². The minimum absolute atomic E-state index is 0.0991. The molecule has 21 heavy (non-hydrogen) atoms. The molecule has 0 radical (unpaired) electrons. The van der Waals surface area contributed by atoms with Crippen molar-refractivity contribution < 1.29 is 14.3 Å². The minimum Gasteiger partial charge on any atom is -0.459 e. The number of ether oxygens (including phenoxy) is 1. The second-order valence-corrected chi connectivity index (χ2v) is 7.33.